The maximum atomic E-state index is 14.4. The minimum atomic E-state index is -4.89. The number of nitrogens with two attached hydrogens (primary N) is 1. The van der Waals surface area contributed by atoms with Crippen LogP contribution >= 0.6 is 58.6 Å². The van der Waals surface area contributed by atoms with Crippen LogP contribution in [0.3, 0.4) is 0 Å². The van der Waals surface area contributed by atoms with Crippen LogP contribution in [-0.4, -0.2) is 137 Å². The molecule has 2 unspecified atom stereocenters. The van der Waals surface area contributed by atoms with E-state index in [2.05, 4.69) is 46.4 Å². The zero-order valence-corrected chi connectivity index (χ0v) is 67.8. The fourth-order valence-electron chi connectivity index (χ4n) is 11.3. The molecule has 10 N–H and O–H groups in total. The number of ether oxygens (including phenoxy) is 2. The summed E-state index contributed by atoms with van der Waals surface area (Å²) >= 11 is 18.5. The highest BCUT2D eigenvalue weighted by Gasteiger charge is 2.61. The Morgan fingerprint density at radius 3 is 1.41 bits per heavy atom. The minimum absolute atomic E-state index is 0.00206. The van der Waals surface area contributed by atoms with E-state index in [9.17, 15) is 77.4 Å². The first-order valence-corrected chi connectivity index (χ1v) is 42.7. The summed E-state index contributed by atoms with van der Waals surface area (Å²) < 4.78 is 184. The number of aliphatic hydroxyl groups is 1. The summed E-state index contributed by atoms with van der Waals surface area (Å²) in [4.78, 5) is 70.3. The van der Waals surface area contributed by atoms with E-state index in [0.717, 1.165) is 65.3 Å². The first-order valence-electron chi connectivity index (χ1n) is 36.1. The molecule has 3 saturated carbocycles. The van der Waals surface area contributed by atoms with Crippen molar-refractivity contribution in [3.8, 4) is 23.3 Å². The van der Waals surface area contributed by atoms with Crippen LogP contribution in [0.2, 0.25) is 15.1 Å². The van der Waals surface area contributed by atoms with Gasteiger partial charge in [0.2, 0.25) is 5.54 Å². The van der Waals surface area contributed by atoms with Gasteiger partial charge in [0, 0.05) is 80.9 Å². The van der Waals surface area contributed by atoms with Crippen molar-refractivity contribution in [3.63, 3.8) is 0 Å². The number of carbonyl (C=O) groups excluding carboxylic acids is 6. The summed E-state index contributed by atoms with van der Waals surface area (Å²) in [5.41, 5.74) is -2.01. The van der Waals surface area contributed by atoms with Gasteiger partial charge in [0.25, 0.3) is 0 Å². The predicted molar refractivity (Wildman–Crippen MR) is 418 cm³/mol. The predicted octanol–water partition coefficient (Wildman–Crippen LogP) is 16.8. The number of alkyl halides is 9. The molecule has 622 valence electrons. The molecule has 0 aromatic heterocycles. The maximum absolute atomic E-state index is 14.4. The van der Waals surface area contributed by atoms with Gasteiger partial charge in [0.05, 0.1) is 25.5 Å². The molecule has 5 aromatic carbocycles. The molecule has 3 heterocycles. The van der Waals surface area contributed by atoms with E-state index in [1.54, 1.807) is 68.4 Å². The van der Waals surface area contributed by atoms with Crippen molar-refractivity contribution < 1.29 is 110 Å². The molecule has 0 bridgehead atoms. The Kier molecular flexibility index (Phi) is 33.8. The van der Waals surface area contributed by atoms with Crippen LogP contribution in [0.5, 0.6) is 11.5 Å². The Morgan fingerprint density at radius 1 is 0.614 bits per heavy atom. The highest BCUT2D eigenvalue weighted by Crippen LogP contribution is 2.53. The second-order valence-electron chi connectivity index (χ2n) is 26.6. The normalized spacial score (nSPS) is 20.3. The Balaban J connectivity index is 0.000000218. The second-order valence-corrected chi connectivity index (χ2v) is 33.0. The van der Waals surface area contributed by atoms with E-state index in [0.29, 0.717) is 34.5 Å². The number of urea groups is 3. The van der Waals surface area contributed by atoms with Crippen molar-refractivity contribution in [2.75, 3.05) is 81.1 Å². The molecule has 6 amide bonds. The third-order valence-electron chi connectivity index (χ3n) is 17.4. The van der Waals surface area contributed by atoms with Gasteiger partial charge in [0.15, 0.2) is 23.3 Å². The molecule has 11 rings (SSSR count). The van der Waals surface area contributed by atoms with E-state index in [1.165, 1.54) is 56.3 Å². The van der Waals surface area contributed by atoms with Gasteiger partial charge in [-0.25, -0.2) is 33.1 Å². The summed E-state index contributed by atoms with van der Waals surface area (Å²) in [6, 6.07) is 21.7. The molecule has 0 spiro atoms. The van der Waals surface area contributed by atoms with Crippen LogP contribution in [0.25, 0.3) is 0 Å². The van der Waals surface area contributed by atoms with Gasteiger partial charge in [-0.05, 0) is 200 Å². The summed E-state index contributed by atoms with van der Waals surface area (Å²) in [5.74, 6) is 4.47. The molecule has 5 aromatic rings. The fraction of sp³-hybridized carbons (Fsp3) is 0.447. The monoisotopic (exact) mass is 1720 g/mol. The van der Waals surface area contributed by atoms with Crippen molar-refractivity contribution in [3.05, 3.63) is 170 Å². The Labute approximate surface area is 670 Å². The van der Waals surface area contributed by atoms with Crippen molar-refractivity contribution in [2.24, 2.45) is 23.5 Å². The number of amides is 6. The molecule has 0 radical (unpaired) electrons. The number of hydrogen-bond acceptors (Lipinski definition) is 17. The Bertz CT molecular complexity index is 4420. The highest BCUT2D eigenvalue weighted by atomic mass is 35.5. The quantitative estimate of drug-likeness (QED) is 0.00427. The standard InChI is InChI=1S/C29H32ClF3N3O6P.C16H16ClF3N2O2.C16H14ClF3N2O2.C13H20NO5P.C2H7P/c1-3-40-26(37)19(2)41-43(39,42-22-7-5-4-6-8-22)16-15-34-14-12-21-17-25-23(18-24(21)30)28(29(31,32)33,36-27(38)35-25)13-11-20-9-10-20;2*17-12-8-11-13(7-10(12)4-6-23)21-14(24)22-15(11,16(18,19)20)5-3-9-1-2-9;1-3-17-13(15)11(2)18-20(16,10-9-14)19-12-7-5-4-6-8-12;1-3-2/h4-8,17-20,34H,3,9-10,12,14-16H2,1-2H3,(H2,35,36,38);3,5,7-9,23H,1-2,4,6H2,(H2,21,22,24);3,5-9H,1-2,4H2,(H2,21,22,24);4-8,11H,3,9-10,14H2,1-2H3;3H,1-2H3/b;2*5-3+;;/t19-,28-,43?;2*15-;11-,20?;/m0000./s1. The van der Waals surface area contributed by atoms with Gasteiger partial charge < -0.3 is 71.4 Å². The number of rotatable bonds is 28. The summed E-state index contributed by atoms with van der Waals surface area (Å²) in [6.07, 6.45) is -5.75. The van der Waals surface area contributed by atoms with E-state index < -0.39 is 92.6 Å². The minimum Gasteiger partial charge on any atom is -0.464 e. The molecule has 3 fully saturated rings. The number of para-hydroxylation sites is 2. The van der Waals surface area contributed by atoms with Crippen LogP contribution in [0, 0.1) is 29.6 Å². The molecular weight excluding hydrogens is 1640 g/mol. The number of anilines is 3. The van der Waals surface area contributed by atoms with E-state index in [-0.39, 0.29) is 138 Å². The van der Waals surface area contributed by atoms with Gasteiger partial charge in [-0.15, -0.1) is 8.58 Å². The first kappa shape index (κ1) is 93.3. The van der Waals surface area contributed by atoms with Crippen LogP contribution in [0.4, 0.5) is 71.0 Å². The molecule has 114 heavy (non-hydrogen) atoms. The molecule has 23 nitrogen and oxygen atoms in total. The number of carbonyl (C=O) groups is 6. The molecule has 38 heteroatoms. The fourth-order valence-corrected chi connectivity index (χ4v) is 15.3. The third-order valence-corrected chi connectivity index (χ3v) is 22.3. The topological polar surface area (TPSA) is 322 Å². The Hall–Kier alpha value is -7.91. The highest BCUT2D eigenvalue weighted by molar-refractivity contribution is 7.54. The van der Waals surface area contributed by atoms with Gasteiger partial charge >= 0.3 is 63.8 Å². The average Bonchev–Trinajstić information content (AvgIpc) is 1.46. The number of benzene rings is 5. The van der Waals surface area contributed by atoms with Crippen molar-refractivity contribution in [2.45, 2.75) is 133 Å². The number of allylic oxidation sites excluding steroid dienone is 2. The zero-order chi connectivity index (χ0) is 84.0. The largest absolute Gasteiger partial charge is 0.464 e. The van der Waals surface area contributed by atoms with Crippen LogP contribution in [0.15, 0.2) is 121 Å². The number of aliphatic hydroxyl groups excluding tert-OH is 1. The third kappa shape index (κ3) is 25.5. The van der Waals surface area contributed by atoms with Gasteiger partial charge in [-0.1, -0.05) is 95.2 Å². The summed E-state index contributed by atoms with van der Waals surface area (Å²) in [6.45, 7) is 11.2. The smallest absolute Gasteiger partial charge is 0.427 e. The number of halogens is 12. The summed E-state index contributed by atoms with van der Waals surface area (Å²) in [7, 11) is -6.24. The second kappa shape index (κ2) is 41.3. The van der Waals surface area contributed by atoms with Gasteiger partial charge in [-0.3, -0.25) is 9.05 Å². The zero-order valence-electron chi connectivity index (χ0n) is 62.7. The van der Waals surface area contributed by atoms with Gasteiger partial charge in [-0.2, -0.15) is 39.5 Å². The first-order chi connectivity index (χ1) is 53.8. The number of hydrogen-bond donors (Lipinski definition) is 9. The van der Waals surface area contributed by atoms with Crippen molar-refractivity contribution in [1.29, 1.82) is 0 Å². The number of esters is 2. The van der Waals surface area contributed by atoms with Crippen molar-refractivity contribution in [1.82, 2.24) is 21.3 Å². The molecule has 7 atom stereocenters. The van der Waals surface area contributed by atoms with Crippen LogP contribution < -0.4 is 52.0 Å². The molecule has 6 aliphatic rings. The molecule has 0 saturated heterocycles. The lowest BCUT2D eigenvalue weighted by Crippen LogP contribution is -2.59. The van der Waals surface area contributed by atoms with E-state index in [1.807, 2.05) is 22.0 Å². The lowest BCUT2D eigenvalue weighted by molar-refractivity contribution is -0.182. The van der Waals surface area contributed by atoms with Crippen LogP contribution in [-0.2, 0) is 77.9 Å². The summed E-state index contributed by atoms with van der Waals surface area (Å²) in [5, 5.41) is 25.5. The number of aldehydes is 1. The lowest BCUT2D eigenvalue weighted by Gasteiger charge is -2.39. The van der Waals surface area contributed by atoms with E-state index >= 15 is 0 Å². The number of nitrogens with one attached hydrogen (secondary N) is 7. The molecular formula is C76H89Cl3F9N8O15P3. The molecule has 3 aliphatic carbocycles. The lowest BCUT2D eigenvalue weighted by atomic mass is 9.84. The van der Waals surface area contributed by atoms with Crippen LogP contribution in [0.1, 0.15) is 99.6 Å². The SMILES string of the molecule is CCOC(=O)[C@H](C)OP(=O)(CCN)Oc1ccccc1.CCOC(=O)[C@H](C)OP(=O)(CCNCCc1cc2c(cc1Cl)[C@@](C#CC1CC1)(C(F)(F)F)NC(=O)N2)Oc1ccccc1.CPC.O=C1Nc2cc(CCO)c(Cl)cc2[C@@](/C=C/C2CC2)(C(F)(F)F)N1.O=CCc1cc2c(cc1Cl)[C@@](/C=C/C1CC1)(C(F)(F)F)NC(=O)N2. The number of fused-ring (bicyclic) bond motifs is 3. The maximum Gasteiger partial charge on any atom is 0.427 e. The molecule has 3 aliphatic heterocycles. The van der Waals surface area contributed by atoms with Gasteiger partial charge in [0.1, 0.15) is 17.8 Å². The average molecular weight is 1720 g/mol. The van der Waals surface area contributed by atoms with E-state index in [4.69, 9.17) is 73.2 Å². The van der Waals surface area contributed by atoms with Crippen molar-refractivity contribution >= 4 is 112 Å². The Morgan fingerprint density at radius 2 is 1.02 bits per heavy atom.